The Hall–Kier alpha value is -0.720. The number of thiophene rings is 1. The third kappa shape index (κ3) is 2.69. The van der Waals surface area contributed by atoms with Gasteiger partial charge in [-0.1, -0.05) is 50.1 Å². The van der Waals surface area contributed by atoms with E-state index in [0.717, 1.165) is 14.5 Å². The first-order valence-electron chi connectivity index (χ1n) is 6.07. The molecule has 3 rings (SSSR count). The SMILES string of the molecule is NNC(c1cc(Br)cc(Br)c1)c1cccc2ccsc12. The summed E-state index contributed by atoms with van der Waals surface area (Å²) in [6.07, 6.45) is 0. The first-order valence-corrected chi connectivity index (χ1v) is 8.54. The van der Waals surface area contributed by atoms with Crippen LogP contribution in [0.15, 0.2) is 56.8 Å². The lowest BCUT2D eigenvalue weighted by atomic mass is 9.98. The lowest BCUT2D eigenvalue weighted by Crippen LogP contribution is -2.28. The summed E-state index contributed by atoms with van der Waals surface area (Å²) in [4.78, 5) is 0. The zero-order chi connectivity index (χ0) is 14.1. The van der Waals surface area contributed by atoms with Crippen molar-refractivity contribution in [3.8, 4) is 0 Å². The molecule has 2 aromatic carbocycles. The number of fused-ring (bicyclic) bond motifs is 1. The molecule has 1 atom stereocenters. The minimum absolute atomic E-state index is 0.0360. The first-order chi connectivity index (χ1) is 9.69. The van der Waals surface area contributed by atoms with Crippen molar-refractivity contribution >= 4 is 53.3 Å². The van der Waals surface area contributed by atoms with Crippen molar-refractivity contribution in [1.29, 1.82) is 0 Å². The minimum atomic E-state index is -0.0360. The summed E-state index contributed by atoms with van der Waals surface area (Å²) in [7, 11) is 0. The molecule has 5 heteroatoms. The Bertz CT molecular complexity index is 734. The molecule has 2 nitrogen and oxygen atoms in total. The van der Waals surface area contributed by atoms with Crippen LogP contribution in [0.3, 0.4) is 0 Å². The van der Waals surface area contributed by atoms with E-state index in [9.17, 15) is 0 Å². The van der Waals surface area contributed by atoms with E-state index >= 15 is 0 Å². The molecule has 20 heavy (non-hydrogen) atoms. The zero-order valence-electron chi connectivity index (χ0n) is 10.4. The highest BCUT2D eigenvalue weighted by Gasteiger charge is 2.16. The Morgan fingerprint density at radius 2 is 1.80 bits per heavy atom. The van der Waals surface area contributed by atoms with Gasteiger partial charge in [-0.15, -0.1) is 11.3 Å². The normalized spacial score (nSPS) is 12.8. The van der Waals surface area contributed by atoms with E-state index in [4.69, 9.17) is 5.84 Å². The van der Waals surface area contributed by atoms with Gasteiger partial charge in [0.25, 0.3) is 0 Å². The van der Waals surface area contributed by atoms with Crippen molar-refractivity contribution in [2.24, 2.45) is 5.84 Å². The molecule has 102 valence electrons. The predicted molar refractivity (Wildman–Crippen MR) is 92.8 cm³/mol. The maximum Gasteiger partial charge on any atom is 0.0724 e. The van der Waals surface area contributed by atoms with E-state index in [-0.39, 0.29) is 6.04 Å². The van der Waals surface area contributed by atoms with Gasteiger partial charge in [-0.3, -0.25) is 5.84 Å². The van der Waals surface area contributed by atoms with Crippen LogP contribution < -0.4 is 11.3 Å². The van der Waals surface area contributed by atoms with E-state index in [1.165, 1.54) is 15.6 Å². The van der Waals surface area contributed by atoms with Crippen molar-refractivity contribution in [2.45, 2.75) is 6.04 Å². The quantitative estimate of drug-likeness (QED) is 0.471. The molecule has 3 N–H and O–H groups in total. The zero-order valence-corrected chi connectivity index (χ0v) is 14.4. The molecular weight excluding hydrogens is 400 g/mol. The molecule has 1 unspecified atom stereocenters. The fourth-order valence-electron chi connectivity index (χ4n) is 2.35. The van der Waals surface area contributed by atoms with Gasteiger partial charge in [-0.05, 0) is 46.2 Å². The largest absolute Gasteiger partial charge is 0.271 e. The highest BCUT2D eigenvalue weighted by atomic mass is 79.9. The van der Waals surface area contributed by atoms with Crippen LogP contribution in [0, 0.1) is 0 Å². The Kier molecular flexibility index (Phi) is 4.23. The standard InChI is InChI=1S/C15H12Br2N2S/c16-11-6-10(7-12(17)8-11)14(19-18)13-3-1-2-9-4-5-20-15(9)13/h1-8,14,19H,18H2. The second-order valence-electron chi connectivity index (χ2n) is 4.49. The molecule has 3 aromatic rings. The molecule has 0 radical (unpaired) electrons. The highest BCUT2D eigenvalue weighted by molar-refractivity contribution is 9.11. The summed E-state index contributed by atoms with van der Waals surface area (Å²) in [5.41, 5.74) is 5.26. The molecular formula is C15H12Br2N2S. The van der Waals surface area contributed by atoms with Crippen molar-refractivity contribution < 1.29 is 0 Å². The van der Waals surface area contributed by atoms with Crippen LogP contribution >= 0.6 is 43.2 Å². The number of halogens is 2. The predicted octanol–water partition coefficient (Wildman–Crippen LogP) is 4.98. The molecule has 0 spiro atoms. The average Bonchev–Trinajstić information content (AvgIpc) is 2.87. The fraction of sp³-hybridized carbons (Fsp3) is 0.0667. The van der Waals surface area contributed by atoms with Crippen LogP contribution in [-0.4, -0.2) is 0 Å². The summed E-state index contributed by atoms with van der Waals surface area (Å²) in [5, 5.41) is 3.36. The van der Waals surface area contributed by atoms with Crippen LogP contribution in [0.25, 0.3) is 10.1 Å². The van der Waals surface area contributed by atoms with Gasteiger partial charge < -0.3 is 0 Å². The van der Waals surface area contributed by atoms with Gasteiger partial charge in [0, 0.05) is 13.6 Å². The van der Waals surface area contributed by atoms with Crippen LogP contribution in [-0.2, 0) is 0 Å². The average molecular weight is 412 g/mol. The van der Waals surface area contributed by atoms with Crippen molar-refractivity contribution in [3.63, 3.8) is 0 Å². The monoisotopic (exact) mass is 410 g/mol. The van der Waals surface area contributed by atoms with Crippen LogP contribution in [0.1, 0.15) is 17.2 Å². The smallest absolute Gasteiger partial charge is 0.0724 e. The third-order valence-corrected chi connectivity index (χ3v) is 5.10. The van der Waals surface area contributed by atoms with Gasteiger partial charge in [0.2, 0.25) is 0 Å². The number of nitrogens with one attached hydrogen (secondary N) is 1. The fourth-order valence-corrected chi connectivity index (χ4v) is 4.62. The number of benzene rings is 2. The van der Waals surface area contributed by atoms with E-state index < -0.39 is 0 Å². The van der Waals surface area contributed by atoms with Crippen LogP contribution in [0.5, 0.6) is 0 Å². The maximum atomic E-state index is 5.82. The van der Waals surface area contributed by atoms with Gasteiger partial charge >= 0.3 is 0 Å². The number of nitrogens with two attached hydrogens (primary N) is 1. The molecule has 1 aromatic heterocycles. The number of hydrogen-bond donors (Lipinski definition) is 2. The number of hydrazine groups is 1. The van der Waals surface area contributed by atoms with E-state index in [2.05, 4.69) is 79.1 Å². The lowest BCUT2D eigenvalue weighted by molar-refractivity contribution is 0.641. The maximum absolute atomic E-state index is 5.82. The van der Waals surface area contributed by atoms with E-state index in [1.807, 2.05) is 6.07 Å². The van der Waals surface area contributed by atoms with E-state index in [1.54, 1.807) is 11.3 Å². The van der Waals surface area contributed by atoms with Gasteiger partial charge in [-0.25, -0.2) is 5.43 Å². The Balaban J connectivity index is 2.16. The topological polar surface area (TPSA) is 38.0 Å². The van der Waals surface area contributed by atoms with Gasteiger partial charge in [0.05, 0.1) is 6.04 Å². The Morgan fingerprint density at radius 1 is 1.05 bits per heavy atom. The molecule has 0 amide bonds. The summed E-state index contributed by atoms with van der Waals surface area (Å²) in [6, 6.07) is 14.6. The summed E-state index contributed by atoms with van der Waals surface area (Å²) < 4.78 is 3.33. The minimum Gasteiger partial charge on any atom is -0.271 e. The Morgan fingerprint density at radius 3 is 2.50 bits per heavy atom. The molecule has 0 aliphatic carbocycles. The van der Waals surface area contributed by atoms with Gasteiger partial charge in [0.15, 0.2) is 0 Å². The Labute approximate surface area is 138 Å². The molecule has 0 aliphatic heterocycles. The summed E-state index contributed by atoms with van der Waals surface area (Å²) in [6.45, 7) is 0. The van der Waals surface area contributed by atoms with Crippen molar-refractivity contribution in [3.05, 3.63) is 67.9 Å². The first kappa shape index (κ1) is 14.2. The second kappa shape index (κ2) is 5.95. The van der Waals surface area contributed by atoms with Gasteiger partial charge in [-0.2, -0.15) is 0 Å². The summed E-state index contributed by atoms with van der Waals surface area (Å²) in [5.74, 6) is 5.82. The van der Waals surface area contributed by atoms with Crippen molar-refractivity contribution in [2.75, 3.05) is 0 Å². The molecule has 0 aliphatic rings. The highest BCUT2D eigenvalue weighted by Crippen LogP contribution is 2.34. The number of rotatable bonds is 3. The van der Waals surface area contributed by atoms with Gasteiger partial charge in [0.1, 0.15) is 0 Å². The second-order valence-corrected chi connectivity index (χ2v) is 7.24. The van der Waals surface area contributed by atoms with Crippen molar-refractivity contribution in [1.82, 2.24) is 5.43 Å². The molecule has 0 fully saturated rings. The van der Waals surface area contributed by atoms with Crippen LogP contribution in [0.2, 0.25) is 0 Å². The number of hydrogen-bond acceptors (Lipinski definition) is 3. The lowest BCUT2D eigenvalue weighted by Gasteiger charge is -2.18. The molecule has 1 heterocycles. The molecule has 0 saturated heterocycles. The molecule has 0 saturated carbocycles. The van der Waals surface area contributed by atoms with E-state index in [0.29, 0.717) is 0 Å². The summed E-state index contributed by atoms with van der Waals surface area (Å²) >= 11 is 8.80. The molecule has 0 bridgehead atoms. The van der Waals surface area contributed by atoms with Crippen LogP contribution in [0.4, 0.5) is 0 Å². The third-order valence-electron chi connectivity index (χ3n) is 3.21.